The monoisotopic (exact) mass is 294 g/mol. The van der Waals surface area contributed by atoms with Crippen molar-refractivity contribution in [2.75, 3.05) is 5.75 Å². The summed E-state index contributed by atoms with van der Waals surface area (Å²) in [4.78, 5) is 1.39. The van der Waals surface area contributed by atoms with Crippen LogP contribution >= 0.6 is 11.8 Å². The first-order valence-corrected chi connectivity index (χ1v) is 11.7. The van der Waals surface area contributed by atoms with E-state index in [1.54, 1.807) is 0 Å². The van der Waals surface area contributed by atoms with Gasteiger partial charge in [-0.05, 0) is 17.7 Å². The van der Waals surface area contributed by atoms with Crippen LogP contribution < -0.4 is 0 Å². The SMILES string of the molecule is CCS/C(=C/OCc1ccccc1)CC[Si](C)(C)C. The van der Waals surface area contributed by atoms with Crippen LogP contribution in [0, 0.1) is 0 Å². The van der Waals surface area contributed by atoms with Gasteiger partial charge in [-0.3, -0.25) is 0 Å². The Bertz CT molecular complexity index is 381. The topological polar surface area (TPSA) is 9.23 Å². The maximum absolute atomic E-state index is 5.73. The Hall–Kier alpha value is -0.673. The Morgan fingerprint density at radius 2 is 1.89 bits per heavy atom. The first kappa shape index (κ1) is 16.4. The molecular formula is C16H26OSSi. The molecule has 0 saturated carbocycles. The number of rotatable bonds is 8. The number of hydrogen-bond acceptors (Lipinski definition) is 2. The molecule has 0 unspecified atom stereocenters. The molecule has 106 valence electrons. The highest BCUT2D eigenvalue weighted by atomic mass is 32.2. The molecule has 0 amide bonds. The minimum Gasteiger partial charge on any atom is -0.496 e. The van der Waals surface area contributed by atoms with Gasteiger partial charge in [0.25, 0.3) is 0 Å². The summed E-state index contributed by atoms with van der Waals surface area (Å²) in [7, 11) is -0.962. The lowest BCUT2D eigenvalue weighted by Crippen LogP contribution is -2.18. The highest BCUT2D eigenvalue weighted by Crippen LogP contribution is 2.25. The molecule has 1 aromatic carbocycles. The molecule has 3 heteroatoms. The van der Waals surface area contributed by atoms with Gasteiger partial charge in [-0.25, -0.2) is 0 Å². The first-order chi connectivity index (χ1) is 9.01. The van der Waals surface area contributed by atoms with E-state index in [4.69, 9.17) is 4.74 Å². The van der Waals surface area contributed by atoms with E-state index in [-0.39, 0.29) is 0 Å². The third kappa shape index (κ3) is 8.17. The molecule has 0 aliphatic rings. The standard InChI is InChI=1S/C16H26OSSi/c1-5-18-16(11-12-19(2,3)4)14-17-13-15-9-7-6-8-10-15/h6-10,14H,5,11-13H2,1-4H3/b16-14+. The van der Waals surface area contributed by atoms with E-state index in [1.165, 1.54) is 22.9 Å². The molecule has 0 aromatic heterocycles. The van der Waals surface area contributed by atoms with Crippen molar-refractivity contribution in [3.8, 4) is 0 Å². The van der Waals surface area contributed by atoms with Crippen molar-refractivity contribution < 1.29 is 4.74 Å². The van der Waals surface area contributed by atoms with Crippen LogP contribution in [0.3, 0.4) is 0 Å². The van der Waals surface area contributed by atoms with E-state index in [1.807, 2.05) is 24.1 Å². The Labute approximate surface area is 123 Å². The minimum absolute atomic E-state index is 0.668. The lowest BCUT2D eigenvalue weighted by atomic mass is 10.2. The second-order valence-electron chi connectivity index (χ2n) is 5.87. The number of benzene rings is 1. The fourth-order valence-corrected chi connectivity index (χ4v) is 3.61. The Morgan fingerprint density at radius 1 is 1.21 bits per heavy atom. The van der Waals surface area contributed by atoms with Crippen LogP contribution in [0.4, 0.5) is 0 Å². The highest BCUT2D eigenvalue weighted by molar-refractivity contribution is 8.03. The summed E-state index contributed by atoms with van der Waals surface area (Å²) in [6.07, 6.45) is 3.14. The predicted octanol–water partition coefficient (Wildman–Crippen LogP) is 5.53. The van der Waals surface area contributed by atoms with Crippen molar-refractivity contribution in [2.45, 2.75) is 45.6 Å². The number of allylic oxidation sites excluding steroid dienone is 1. The average molecular weight is 295 g/mol. The summed E-state index contributed by atoms with van der Waals surface area (Å²) < 4.78 is 5.73. The van der Waals surface area contributed by atoms with E-state index >= 15 is 0 Å². The molecule has 0 aliphatic carbocycles. The molecule has 0 atom stereocenters. The molecule has 0 saturated heterocycles. The first-order valence-electron chi connectivity index (χ1n) is 6.98. The fourth-order valence-electron chi connectivity index (χ4n) is 1.65. The Balaban J connectivity index is 2.44. The van der Waals surface area contributed by atoms with E-state index in [0.717, 1.165) is 5.75 Å². The second-order valence-corrected chi connectivity index (χ2v) is 12.9. The van der Waals surface area contributed by atoms with Gasteiger partial charge in [0.15, 0.2) is 0 Å². The zero-order valence-electron chi connectivity index (χ0n) is 12.6. The zero-order valence-corrected chi connectivity index (χ0v) is 14.4. The van der Waals surface area contributed by atoms with Gasteiger partial charge in [0, 0.05) is 13.0 Å². The maximum Gasteiger partial charge on any atom is 0.112 e. The fraction of sp³-hybridized carbons (Fsp3) is 0.500. The van der Waals surface area contributed by atoms with Crippen molar-refractivity contribution in [1.29, 1.82) is 0 Å². The van der Waals surface area contributed by atoms with Gasteiger partial charge >= 0.3 is 0 Å². The normalized spacial score (nSPS) is 12.5. The van der Waals surface area contributed by atoms with Crippen molar-refractivity contribution in [2.24, 2.45) is 0 Å². The zero-order chi connectivity index (χ0) is 14.1. The minimum atomic E-state index is -0.962. The van der Waals surface area contributed by atoms with Gasteiger partial charge in [0.2, 0.25) is 0 Å². The van der Waals surface area contributed by atoms with Gasteiger partial charge in [0.05, 0.1) is 6.26 Å². The molecule has 1 aromatic rings. The summed E-state index contributed by atoms with van der Waals surface area (Å²) in [5, 5.41) is 0. The molecular weight excluding hydrogens is 268 g/mol. The van der Waals surface area contributed by atoms with Crippen LogP contribution in [0.1, 0.15) is 18.9 Å². The van der Waals surface area contributed by atoms with Gasteiger partial charge in [0.1, 0.15) is 6.61 Å². The van der Waals surface area contributed by atoms with E-state index in [0.29, 0.717) is 6.61 Å². The predicted molar refractivity (Wildman–Crippen MR) is 90.2 cm³/mol. The van der Waals surface area contributed by atoms with Gasteiger partial charge in [-0.2, -0.15) is 0 Å². The van der Waals surface area contributed by atoms with E-state index < -0.39 is 8.07 Å². The molecule has 0 radical (unpaired) electrons. The number of ether oxygens (including phenoxy) is 1. The highest BCUT2D eigenvalue weighted by Gasteiger charge is 2.13. The Morgan fingerprint density at radius 3 is 2.47 bits per heavy atom. The van der Waals surface area contributed by atoms with Gasteiger partial charge in [-0.15, -0.1) is 11.8 Å². The largest absolute Gasteiger partial charge is 0.496 e. The van der Waals surface area contributed by atoms with Crippen LogP contribution in [-0.4, -0.2) is 13.8 Å². The number of thioether (sulfide) groups is 1. The molecule has 0 spiro atoms. The molecule has 0 fully saturated rings. The molecule has 0 bridgehead atoms. The summed E-state index contributed by atoms with van der Waals surface area (Å²) in [6, 6.07) is 11.7. The molecule has 0 N–H and O–H groups in total. The van der Waals surface area contributed by atoms with E-state index in [2.05, 4.69) is 50.8 Å². The van der Waals surface area contributed by atoms with Gasteiger partial charge < -0.3 is 4.74 Å². The van der Waals surface area contributed by atoms with Crippen LogP contribution in [-0.2, 0) is 11.3 Å². The van der Waals surface area contributed by atoms with Crippen molar-refractivity contribution in [3.63, 3.8) is 0 Å². The van der Waals surface area contributed by atoms with Crippen molar-refractivity contribution in [3.05, 3.63) is 47.1 Å². The van der Waals surface area contributed by atoms with Crippen LogP contribution in [0.5, 0.6) is 0 Å². The van der Waals surface area contributed by atoms with Crippen LogP contribution in [0.15, 0.2) is 41.5 Å². The quantitative estimate of drug-likeness (QED) is 0.461. The van der Waals surface area contributed by atoms with Gasteiger partial charge in [-0.1, -0.05) is 62.9 Å². The molecule has 0 aliphatic heterocycles. The molecule has 19 heavy (non-hydrogen) atoms. The summed E-state index contributed by atoms with van der Waals surface area (Å²) >= 11 is 1.91. The van der Waals surface area contributed by atoms with Crippen molar-refractivity contribution in [1.82, 2.24) is 0 Å². The third-order valence-corrected chi connectivity index (χ3v) is 5.47. The summed E-state index contributed by atoms with van der Waals surface area (Å²) in [6.45, 7) is 10.1. The summed E-state index contributed by atoms with van der Waals surface area (Å²) in [5.74, 6) is 1.12. The third-order valence-electron chi connectivity index (χ3n) is 2.76. The lowest BCUT2D eigenvalue weighted by Gasteiger charge is -2.16. The molecule has 1 rings (SSSR count). The lowest BCUT2D eigenvalue weighted by molar-refractivity contribution is 0.235. The average Bonchev–Trinajstić information content (AvgIpc) is 2.36. The molecule has 0 heterocycles. The smallest absolute Gasteiger partial charge is 0.112 e. The van der Waals surface area contributed by atoms with Crippen LogP contribution in [0.25, 0.3) is 0 Å². The number of hydrogen-bond donors (Lipinski definition) is 0. The Kier molecular flexibility index (Phi) is 7.32. The van der Waals surface area contributed by atoms with E-state index in [9.17, 15) is 0 Å². The molecule has 1 nitrogen and oxygen atoms in total. The maximum atomic E-state index is 5.73. The summed E-state index contributed by atoms with van der Waals surface area (Å²) in [5.41, 5.74) is 1.23. The van der Waals surface area contributed by atoms with Crippen molar-refractivity contribution >= 4 is 19.8 Å². The second kappa shape index (κ2) is 8.49. The van der Waals surface area contributed by atoms with Crippen LogP contribution in [0.2, 0.25) is 25.7 Å².